The zero-order chi connectivity index (χ0) is 11.7. The molecule has 0 aliphatic rings. The lowest BCUT2D eigenvalue weighted by atomic mass is 10.1. The molecule has 4 heteroatoms. The summed E-state index contributed by atoms with van der Waals surface area (Å²) in [5, 5.41) is 0. The summed E-state index contributed by atoms with van der Waals surface area (Å²) in [7, 11) is 1.61. The Morgan fingerprint density at radius 3 is 2.56 bits per heavy atom. The summed E-state index contributed by atoms with van der Waals surface area (Å²) in [6.07, 6.45) is 0. The first-order chi connectivity index (χ1) is 7.61. The van der Waals surface area contributed by atoms with Gasteiger partial charge in [0.15, 0.2) is 0 Å². The molecule has 0 spiro atoms. The van der Waals surface area contributed by atoms with Crippen molar-refractivity contribution in [3.8, 4) is 17.2 Å². The molecule has 0 atom stereocenters. The van der Waals surface area contributed by atoms with Crippen LogP contribution >= 0.6 is 0 Å². The Kier molecular flexibility index (Phi) is 2.56. The van der Waals surface area contributed by atoms with Gasteiger partial charge in [0.25, 0.3) is 0 Å². The lowest BCUT2D eigenvalue weighted by Crippen LogP contribution is -1.92. The normalized spacial score (nSPS) is 10.4. The van der Waals surface area contributed by atoms with Crippen LogP contribution in [0.3, 0.4) is 0 Å². The minimum atomic E-state index is 0.551. The van der Waals surface area contributed by atoms with E-state index in [2.05, 4.69) is 4.98 Å². The molecule has 0 saturated heterocycles. The summed E-state index contributed by atoms with van der Waals surface area (Å²) in [5.74, 6) is 2.08. The van der Waals surface area contributed by atoms with Gasteiger partial charge in [0.1, 0.15) is 11.5 Å². The number of aryl methyl sites for hydroxylation is 2. The Morgan fingerprint density at radius 2 is 2.06 bits per heavy atom. The van der Waals surface area contributed by atoms with Crippen molar-refractivity contribution < 1.29 is 9.15 Å². The molecule has 84 valence electrons. The number of nitrogens with zero attached hydrogens (tertiary/aromatic N) is 1. The van der Waals surface area contributed by atoms with Crippen LogP contribution in [0, 0.1) is 13.8 Å². The second-order valence-corrected chi connectivity index (χ2v) is 3.61. The Bertz CT molecular complexity index is 498. The van der Waals surface area contributed by atoms with Crippen LogP contribution in [-0.4, -0.2) is 12.1 Å². The third-order valence-corrected chi connectivity index (χ3v) is 2.52. The van der Waals surface area contributed by atoms with Crippen molar-refractivity contribution in [1.29, 1.82) is 0 Å². The fourth-order valence-electron chi connectivity index (χ4n) is 1.45. The van der Waals surface area contributed by atoms with E-state index in [-0.39, 0.29) is 0 Å². The van der Waals surface area contributed by atoms with E-state index in [1.54, 1.807) is 13.2 Å². The van der Waals surface area contributed by atoms with Gasteiger partial charge in [0.2, 0.25) is 5.89 Å². The number of rotatable bonds is 2. The zero-order valence-electron chi connectivity index (χ0n) is 9.57. The van der Waals surface area contributed by atoms with Gasteiger partial charge < -0.3 is 14.9 Å². The molecule has 1 heterocycles. The number of benzene rings is 1. The van der Waals surface area contributed by atoms with Crippen molar-refractivity contribution in [2.75, 3.05) is 12.8 Å². The molecular formula is C12H14N2O2. The summed E-state index contributed by atoms with van der Waals surface area (Å²) in [6.45, 7) is 3.79. The fraction of sp³-hybridized carbons (Fsp3) is 0.250. The predicted molar refractivity (Wildman–Crippen MR) is 62.4 cm³/mol. The minimum Gasteiger partial charge on any atom is -0.497 e. The van der Waals surface area contributed by atoms with Gasteiger partial charge in [-0.05, 0) is 26.0 Å². The second-order valence-electron chi connectivity index (χ2n) is 3.61. The molecule has 2 N–H and O–H groups in total. The molecule has 1 aromatic heterocycles. The largest absolute Gasteiger partial charge is 0.497 e. The summed E-state index contributed by atoms with van der Waals surface area (Å²) < 4.78 is 10.6. The quantitative estimate of drug-likeness (QED) is 0.787. The number of anilines is 1. The maximum atomic E-state index is 5.91. The number of hydrogen-bond donors (Lipinski definition) is 1. The summed E-state index contributed by atoms with van der Waals surface area (Å²) >= 11 is 0. The molecule has 2 rings (SSSR count). The van der Waals surface area contributed by atoms with E-state index in [1.807, 2.05) is 26.0 Å². The summed E-state index contributed by atoms with van der Waals surface area (Å²) in [6, 6.07) is 5.43. The molecule has 2 aromatic rings. The van der Waals surface area contributed by atoms with Crippen LogP contribution < -0.4 is 10.5 Å². The van der Waals surface area contributed by atoms with Crippen LogP contribution in [0.25, 0.3) is 11.5 Å². The van der Waals surface area contributed by atoms with Crippen molar-refractivity contribution in [3.63, 3.8) is 0 Å². The maximum Gasteiger partial charge on any atom is 0.228 e. The monoisotopic (exact) mass is 218 g/mol. The van der Waals surface area contributed by atoms with Crippen LogP contribution in [0.2, 0.25) is 0 Å². The third-order valence-electron chi connectivity index (χ3n) is 2.52. The number of oxazole rings is 1. The highest BCUT2D eigenvalue weighted by Gasteiger charge is 2.11. The van der Waals surface area contributed by atoms with Gasteiger partial charge in [-0.2, -0.15) is 0 Å². The van der Waals surface area contributed by atoms with E-state index in [9.17, 15) is 0 Å². The molecule has 0 radical (unpaired) electrons. The van der Waals surface area contributed by atoms with Crippen molar-refractivity contribution in [3.05, 3.63) is 29.7 Å². The van der Waals surface area contributed by atoms with Crippen molar-refractivity contribution >= 4 is 5.69 Å². The van der Waals surface area contributed by atoms with E-state index in [4.69, 9.17) is 14.9 Å². The molecule has 0 fully saturated rings. The van der Waals surface area contributed by atoms with Crippen LogP contribution in [0.4, 0.5) is 5.69 Å². The number of aromatic nitrogens is 1. The summed E-state index contributed by atoms with van der Waals surface area (Å²) in [5.41, 5.74) is 8.17. The number of nitrogen functional groups attached to an aromatic ring is 1. The van der Waals surface area contributed by atoms with E-state index >= 15 is 0 Å². The lowest BCUT2D eigenvalue weighted by molar-refractivity contribution is 0.415. The SMILES string of the molecule is COc1ccc(-c2nc(C)c(C)o2)c(N)c1. The van der Waals surface area contributed by atoms with Gasteiger partial charge in [0.05, 0.1) is 18.4 Å². The first kappa shape index (κ1) is 10.5. The fourth-order valence-corrected chi connectivity index (χ4v) is 1.45. The van der Waals surface area contributed by atoms with Gasteiger partial charge in [-0.15, -0.1) is 0 Å². The highest BCUT2D eigenvalue weighted by atomic mass is 16.5. The Balaban J connectivity index is 2.48. The van der Waals surface area contributed by atoms with Crippen LogP contribution in [0.1, 0.15) is 11.5 Å². The average molecular weight is 218 g/mol. The number of hydrogen-bond acceptors (Lipinski definition) is 4. The van der Waals surface area contributed by atoms with Crippen molar-refractivity contribution in [1.82, 2.24) is 4.98 Å². The number of methoxy groups -OCH3 is 1. The molecule has 0 unspecified atom stereocenters. The molecule has 0 amide bonds. The Hall–Kier alpha value is -1.97. The highest BCUT2D eigenvalue weighted by Crippen LogP contribution is 2.29. The summed E-state index contributed by atoms with van der Waals surface area (Å²) in [4.78, 5) is 4.31. The van der Waals surface area contributed by atoms with Crippen LogP contribution in [0.15, 0.2) is 22.6 Å². The average Bonchev–Trinajstić information content (AvgIpc) is 2.58. The predicted octanol–water partition coefficient (Wildman–Crippen LogP) is 2.55. The van der Waals surface area contributed by atoms with E-state index in [0.717, 1.165) is 22.8 Å². The molecule has 4 nitrogen and oxygen atoms in total. The molecule has 0 bridgehead atoms. The van der Waals surface area contributed by atoms with Crippen LogP contribution in [-0.2, 0) is 0 Å². The molecule has 16 heavy (non-hydrogen) atoms. The molecule has 0 aliphatic carbocycles. The standard InChI is InChI=1S/C12H14N2O2/c1-7-8(2)16-12(14-7)10-5-4-9(15-3)6-11(10)13/h4-6H,13H2,1-3H3. The highest BCUT2D eigenvalue weighted by molar-refractivity contribution is 5.72. The van der Waals surface area contributed by atoms with E-state index in [1.165, 1.54) is 0 Å². The van der Waals surface area contributed by atoms with Crippen LogP contribution in [0.5, 0.6) is 5.75 Å². The van der Waals surface area contributed by atoms with Crippen molar-refractivity contribution in [2.24, 2.45) is 0 Å². The van der Waals surface area contributed by atoms with Crippen molar-refractivity contribution in [2.45, 2.75) is 13.8 Å². The van der Waals surface area contributed by atoms with E-state index in [0.29, 0.717) is 11.6 Å². The van der Waals surface area contributed by atoms with Gasteiger partial charge in [0, 0.05) is 11.8 Å². The Labute approximate surface area is 94.1 Å². The first-order valence-electron chi connectivity index (χ1n) is 4.99. The zero-order valence-corrected chi connectivity index (χ0v) is 9.57. The Morgan fingerprint density at radius 1 is 1.31 bits per heavy atom. The van der Waals surface area contributed by atoms with Gasteiger partial charge >= 0.3 is 0 Å². The third kappa shape index (κ3) is 1.74. The lowest BCUT2D eigenvalue weighted by Gasteiger charge is -2.04. The number of nitrogens with two attached hydrogens (primary N) is 1. The molecule has 0 aliphatic heterocycles. The molecule has 0 saturated carbocycles. The molecular weight excluding hydrogens is 204 g/mol. The second kappa shape index (κ2) is 3.89. The van der Waals surface area contributed by atoms with Gasteiger partial charge in [-0.3, -0.25) is 0 Å². The molecule has 1 aromatic carbocycles. The van der Waals surface area contributed by atoms with E-state index < -0.39 is 0 Å². The topological polar surface area (TPSA) is 61.3 Å². The van der Waals surface area contributed by atoms with Gasteiger partial charge in [-0.25, -0.2) is 4.98 Å². The van der Waals surface area contributed by atoms with Gasteiger partial charge in [-0.1, -0.05) is 0 Å². The maximum absolute atomic E-state index is 5.91. The smallest absolute Gasteiger partial charge is 0.228 e. The number of ether oxygens (including phenoxy) is 1. The first-order valence-corrected chi connectivity index (χ1v) is 4.99. The minimum absolute atomic E-state index is 0.551.